The number of hydrogen-bond acceptors (Lipinski definition) is 2. The van der Waals surface area contributed by atoms with E-state index in [1.807, 2.05) is 30.3 Å². The third-order valence-corrected chi connectivity index (χ3v) is 5.18. The minimum Gasteiger partial charge on any atom is -0.218 e. The lowest BCUT2D eigenvalue weighted by Gasteiger charge is -2.06. The molecule has 0 bridgehead atoms. The molecule has 0 spiro atoms. The van der Waals surface area contributed by atoms with Crippen LogP contribution in [0.3, 0.4) is 0 Å². The molecule has 23 heavy (non-hydrogen) atoms. The molecule has 0 aliphatic heterocycles. The number of hydrogen-bond donors (Lipinski definition) is 0. The third kappa shape index (κ3) is 4.72. The van der Waals surface area contributed by atoms with Gasteiger partial charge in [0.25, 0.3) is 0 Å². The summed E-state index contributed by atoms with van der Waals surface area (Å²) < 4.78 is 24.9. The molecule has 0 heterocycles. The Morgan fingerprint density at radius 2 is 1.57 bits per heavy atom. The molecule has 2 aromatic rings. The van der Waals surface area contributed by atoms with Crippen LogP contribution in [0.5, 0.6) is 0 Å². The van der Waals surface area contributed by atoms with E-state index in [0.717, 1.165) is 5.56 Å². The van der Waals surface area contributed by atoms with E-state index in [9.17, 15) is 8.42 Å². The zero-order valence-corrected chi connectivity index (χ0v) is 13.6. The highest BCUT2D eigenvalue weighted by Gasteiger charge is 2.19. The van der Waals surface area contributed by atoms with Gasteiger partial charge in [-0.1, -0.05) is 54.8 Å². The quantitative estimate of drug-likeness (QED) is 0.466. The van der Waals surface area contributed by atoms with Gasteiger partial charge in [0.1, 0.15) is 0 Å². The van der Waals surface area contributed by atoms with Crippen molar-refractivity contribution in [3.8, 4) is 11.8 Å². The van der Waals surface area contributed by atoms with Gasteiger partial charge in [0.2, 0.25) is 9.84 Å². The van der Waals surface area contributed by atoms with Gasteiger partial charge >= 0.3 is 0 Å². The Bertz CT molecular complexity index is 848. The Morgan fingerprint density at radius 3 is 2.17 bits per heavy atom. The Kier molecular flexibility index (Phi) is 6.00. The van der Waals surface area contributed by atoms with E-state index in [1.54, 1.807) is 30.3 Å². The van der Waals surface area contributed by atoms with Crippen LogP contribution < -0.4 is 0 Å². The molecule has 0 saturated heterocycles. The predicted molar refractivity (Wildman–Crippen MR) is 93.5 cm³/mol. The van der Waals surface area contributed by atoms with Gasteiger partial charge in [-0.2, -0.15) is 0 Å². The first kappa shape index (κ1) is 16.8. The van der Waals surface area contributed by atoms with Crippen molar-refractivity contribution in [3.63, 3.8) is 0 Å². The summed E-state index contributed by atoms with van der Waals surface area (Å²) in [6, 6.07) is 18.1. The van der Waals surface area contributed by atoms with Crippen molar-refractivity contribution in [3.05, 3.63) is 83.4 Å². The molecule has 0 aliphatic rings. The summed E-state index contributed by atoms with van der Waals surface area (Å²) in [4.78, 5) is 0.506. The van der Waals surface area contributed by atoms with Crippen LogP contribution in [0.2, 0.25) is 0 Å². The second-order valence-corrected chi connectivity index (χ2v) is 6.91. The number of benzene rings is 2. The molecule has 0 amide bonds. The molecule has 2 nitrogen and oxygen atoms in total. The molecule has 2 rings (SSSR count). The van der Waals surface area contributed by atoms with Crippen LogP contribution in [-0.4, -0.2) is 8.42 Å². The normalized spacial score (nSPS) is 10.3. The van der Waals surface area contributed by atoms with Crippen molar-refractivity contribution < 1.29 is 8.42 Å². The lowest BCUT2D eigenvalue weighted by atomic mass is 10.2. The average Bonchev–Trinajstić information content (AvgIpc) is 2.59. The van der Waals surface area contributed by atoms with Gasteiger partial charge in [-0.3, -0.25) is 0 Å². The number of sulfone groups is 1. The van der Waals surface area contributed by atoms with Crippen LogP contribution in [-0.2, 0) is 9.84 Å². The van der Waals surface area contributed by atoms with Gasteiger partial charge in [0.05, 0.1) is 9.80 Å². The van der Waals surface area contributed by atoms with Gasteiger partial charge in [0.15, 0.2) is 0 Å². The van der Waals surface area contributed by atoms with Crippen LogP contribution in [0.1, 0.15) is 24.8 Å². The van der Waals surface area contributed by atoms with Crippen molar-refractivity contribution in [2.45, 2.75) is 24.2 Å². The summed E-state index contributed by atoms with van der Waals surface area (Å²) in [6.45, 7) is 3.52. The fraction of sp³-hybridized carbons (Fsp3) is 0.150. The van der Waals surface area contributed by atoms with E-state index in [-0.39, 0.29) is 9.80 Å². The SMILES string of the molecule is C=C=C(CCCC#Cc1ccccc1)S(=O)(=O)c1ccccc1. The highest BCUT2D eigenvalue weighted by atomic mass is 32.2. The summed E-state index contributed by atoms with van der Waals surface area (Å²) in [5.41, 5.74) is 3.54. The summed E-state index contributed by atoms with van der Waals surface area (Å²) in [5, 5.41) is 0. The lowest BCUT2D eigenvalue weighted by Crippen LogP contribution is -2.04. The van der Waals surface area contributed by atoms with Crippen LogP contribution in [0, 0.1) is 11.8 Å². The Morgan fingerprint density at radius 1 is 0.957 bits per heavy atom. The zero-order chi connectivity index (χ0) is 16.5. The molecule has 0 unspecified atom stereocenters. The predicted octanol–water partition coefficient (Wildman–Crippen LogP) is 4.35. The van der Waals surface area contributed by atoms with E-state index in [0.29, 0.717) is 19.3 Å². The van der Waals surface area contributed by atoms with E-state index >= 15 is 0 Å². The average molecular weight is 322 g/mol. The number of rotatable bonds is 5. The number of allylic oxidation sites excluding steroid dienone is 1. The molecule has 0 saturated carbocycles. The minimum atomic E-state index is -3.50. The van der Waals surface area contributed by atoms with Gasteiger partial charge in [0, 0.05) is 12.0 Å². The van der Waals surface area contributed by atoms with Crippen molar-refractivity contribution in [2.24, 2.45) is 0 Å². The monoisotopic (exact) mass is 322 g/mol. The van der Waals surface area contributed by atoms with Gasteiger partial charge in [-0.05, 0) is 37.1 Å². The van der Waals surface area contributed by atoms with E-state index in [4.69, 9.17) is 0 Å². The maximum atomic E-state index is 12.5. The molecule has 0 fully saturated rings. The Balaban J connectivity index is 1.97. The standard InChI is InChI=1S/C20H18O2S/c1-2-19(23(21,22)20-16-10-5-11-17-20)15-9-4-8-14-18-12-6-3-7-13-18/h3,5-7,10-13,16-17H,1,4,9,15H2. The first-order valence-corrected chi connectivity index (χ1v) is 8.86. The topological polar surface area (TPSA) is 34.1 Å². The van der Waals surface area contributed by atoms with Crippen LogP contribution in [0.4, 0.5) is 0 Å². The van der Waals surface area contributed by atoms with Crippen LogP contribution in [0.25, 0.3) is 0 Å². The van der Waals surface area contributed by atoms with Crippen LogP contribution in [0.15, 0.2) is 82.8 Å². The molecule has 0 N–H and O–H groups in total. The number of unbranched alkanes of at least 4 members (excludes halogenated alkanes) is 1. The second-order valence-electron chi connectivity index (χ2n) is 4.94. The third-order valence-electron chi connectivity index (χ3n) is 3.29. The highest BCUT2D eigenvalue weighted by molar-refractivity contribution is 7.95. The van der Waals surface area contributed by atoms with Gasteiger partial charge in [-0.15, -0.1) is 5.73 Å². The van der Waals surface area contributed by atoms with Gasteiger partial charge in [-0.25, -0.2) is 8.42 Å². The van der Waals surface area contributed by atoms with Crippen molar-refractivity contribution in [1.29, 1.82) is 0 Å². The summed E-state index contributed by atoms with van der Waals surface area (Å²) >= 11 is 0. The summed E-state index contributed by atoms with van der Waals surface area (Å²) in [6.07, 6.45) is 1.68. The first-order valence-electron chi connectivity index (χ1n) is 7.37. The van der Waals surface area contributed by atoms with E-state index in [1.165, 1.54) is 0 Å². The van der Waals surface area contributed by atoms with Crippen molar-refractivity contribution in [1.82, 2.24) is 0 Å². The fourth-order valence-corrected chi connectivity index (χ4v) is 3.49. The maximum Gasteiger partial charge on any atom is 0.209 e. The fourth-order valence-electron chi connectivity index (χ4n) is 2.08. The molecule has 0 aliphatic carbocycles. The Hall–Kier alpha value is -2.53. The Labute approximate surface area is 138 Å². The smallest absolute Gasteiger partial charge is 0.209 e. The largest absolute Gasteiger partial charge is 0.218 e. The van der Waals surface area contributed by atoms with Crippen molar-refractivity contribution >= 4 is 9.84 Å². The highest BCUT2D eigenvalue weighted by Crippen LogP contribution is 2.22. The molecular formula is C20H18O2S. The zero-order valence-electron chi connectivity index (χ0n) is 12.8. The summed E-state index contributed by atoms with van der Waals surface area (Å²) in [7, 11) is -3.50. The maximum absolute atomic E-state index is 12.5. The van der Waals surface area contributed by atoms with E-state index in [2.05, 4.69) is 24.2 Å². The van der Waals surface area contributed by atoms with E-state index < -0.39 is 9.84 Å². The van der Waals surface area contributed by atoms with Crippen molar-refractivity contribution in [2.75, 3.05) is 0 Å². The van der Waals surface area contributed by atoms with Crippen LogP contribution >= 0.6 is 0 Å². The molecule has 0 atom stereocenters. The molecule has 2 aromatic carbocycles. The lowest BCUT2D eigenvalue weighted by molar-refractivity contribution is 0.599. The minimum absolute atomic E-state index is 0.227. The second kappa shape index (κ2) is 8.19. The molecule has 116 valence electrons. The first-order chi connectivity index (χ1) is 11.1. The molecule has 0 radical (unpaired) electrons. The molecule has 3 heteroatoms. The molecular weight excluding hydrogens is 304 g/mol. The summed E-state index contributed by atoms with van der Waals surface area (Å²) in [5.74, 6) is 6.13. The molecule has 0 aromatic heterocycles. The van der Waals surface area contributed by atoms with Gasteiger partial charge < -0.3 is 0 Å².